The molecule has 2 amide bonds. The Morgan fingerprint density at radius 3 is 2.82 bits per heavy atom. The standard InChI is InChI=1S/C16H15FN2O3/c1-10-6-12(3-4-13(10)17)19-16(20)18-8-11-2-5-14-15(7-11)22-9-21-14/h2-7H,8-9H2,1H3,(H2,18,19,20). The second kappa shape index (κ2) is 5.93. The van der Waals surface area contributed by atoms with Crippen molar-refractivity contribution in [1.29, 1.82) is 0 Å². The minimum Gasteiger partial charge on any atom is -0.454 e. The molecule has 0 atom stereocenters. The molecule has 2 aromatic carbocycles. The van der Waals surface area contributed by atoms with Crippen molar-refractivity contribution in [3.8, 4) is 11.5 Å². The van der Waals surface area contributed by atoms with Crippen LogP contribution in [0.1, 0.15) is 11.1 Å². The third-order valence-corrected chi connectivity index (χ3v) is 3.31. The molecule has 0 aliphatic carbocycles. The van der Waals surface area contributed by atoms with E-state index in [1.54, 1.807) is 19.1 Å². The van der Waals surface area contributed by atoms with E-state index in [-0.39, 0.29) is 18.6 Å². The zero-order valence-corrected chi connectivity index (χ0v) is 12.0. The molecule has 5 nitrogen and oxygen atoms in total. The van der Waals surface area contributed by atoms with Gasteiger partial charge >= 0.3 is 6.03 Å². The van der Waals surface area contributed by atoms with Crippen molar-refractivity contribution in [2.75, 3.05) is 12.1 Å². The lowest BCUT2D eigenvalue weighted by Crippen LogP contribution is -2.28. The van der Waals surface area contributed by atoms with E-state index in [2.05, 4.69) is 10.6 Å². The lowest BCUT2D eigenvalue weighted by molar-refractivity contribution is 0.174. The number of hydrogen-bond donors (Lipinski definition) is 2. The molecular formula is C16H15FN2O3. The number of amides is 2. The fourth-order valence-electron chi connectivity index (χ4n) is 2.13. The fourth-order valence-corrected chi connectivity index (χ4v) is 2.13. The first kappa shape index (κ1) is 14.2. The molecule has 0 saturated heterocycles. The van der Waals surface area contributed by atoms with Crippen molar-refractivity contribution >= 4 is 11.7 Å². The van der Waals surface area contributed by atoms with Crippen molar-refractivity contribution in [3.05, 3.63) is 53.3 Å². The summed E-state index contributed by atoms with van der Waals surface area (Å²) in [7, 11) is 0. The van der Waals surface area contributed by atoms with Crippen LogP contribution in [0.5, 0.6) is 11.5 Å². The highest BCUT2D eigenvalue weighted by Crippen LogP contribution is 2.32. The van der Waals surface area contributed by atoms with Crippen molar-refractivity contribution in [1.82, 2.24) is 5.32 Å². The van der Waals surface area contributed by atoms with Crippen molar-refractivity contribution in [2.45, 2.75) is 13.5 Å². The summed E-state index contributed by atoms with van der Waals surface area (Å²) in [4.78, 5) is 11.8. The molecule has 22 heavy (non-hydrogen) atoms. The number of halogens is 1. The average Bonchev–Trinajstić information content (AvgIpc) is 2.96. The van der Waals surface area contributed by atoms with E-state index in [0.29, 0.717) is 29.3 Å². The van der Waals surface area contributed by atoms with Crippen LogP contribution < -0.4 is 20.1 Å². The van der Waals surface area contributed by atoms with Gasteiger partial charge in [-0.25, -0.2) is 9.18 Å². The normalized spacial score (nSPS) is 12.1. The zero-order valence-electron chi connectivity index (χ0n) is 12.0. The van der Waals surface area contributed by atoms with Crippen LogP contribution in [0.15, 0.2) is 36.4 Å². The number of urea groups is 1. The Hall–Kier alpha value is -2.76. The van der Waals surface area contributed by atoms with Crippen LogP contribution >= 0.6 is 0 Å². The largest absolute Gasteiger partial charge is 0.454 e. The Bertz CT molecular complexity index is 719. The number of fused-ring (bicyclic) bond motifs is 1. The van der Waals surface area contributed by atoms with Gasteiger partial charge in [0.05, 0.1) is 0 Å². The van der Waals surface area contributed by atoms with Gasteiger partial charge < -0.3 is 20.1 Å². The molecule has 2 N–H and O–H groups in total. The third kappa shape index (κ3) is 3.11. The maximum Gasteiger partial charge on any atom is 0.319 e. The Labute approximate surface area is 127 Å². The van der Waals surface area contributed by atoms with Crippen LogP contribution in [0, 0.1) is 12.7 Å². The van der Waals surface area contributed by atoms with Crippen LogP contribution in [0.25, 0.3) is 0 Å². The summed E-state index contributed by atoms with van der Waals surface area (Å²) >= 11 is 0. The Kier molecular flexibility index (Phi) is 3.82. The van der Waals surface area contributed by atoms with Gasteiger partial charge in [-0.05, 0) is 48.4 Å². The molecule has 3 rings (SSSR count). The fraction of sp³-hybridized carbons (Fsp3) is 0.188. The first-order valence-electron chi connectivity index (χ1n) is 6.81. The second-order valence-electron chi connectivity index (χ2n) is 4.96. The van der Waals surface area contributed by atoms with Crippen LogP contribution in [-0.2, 0) is 6.54 Å². The monoisotopic (exact) mass is 302 g/mol. The number of ether oxygens (including phenoxy) is 2. The van der Waals surface area contributed by atoms with Crippen molar-refractivity contribution < 1.29 is 18.7 Å². The number of aryl methyl sites for hydroxylation is 1. The molecule has 0 saturated carbocycles. The summed E-state index contributed by atoms with van der Waals surface area (Å²) in [5.41, 5.74) is 1.92. The molecular weight excluding hydrogens is 287 g/mol. The molecule has 1 heterocycles. The first-order chi connectivity index (χ1) is 10.6. The molecule has 0 fully saturated rings. The van der Waals surface area contributed by atoms with Crippen LogP contribution in [0.2, 0.25) is 0 Å². The maximum absolute atomic E-state index is 13.2. The molecule has 0 bridgehead atoms. The van der Waals surface area contributed by atoms with Gasteiger partial charge in [0.15, 0.2) is 11.5 Å². The number of carbonyl (C=O) groups is 1. The van der Waals surface area contributed by atoms with Gasteiger partial charge in [0.2, 0.25) is 6.79 Å². The summed E-state index contributed by atoms with van der Waals surface area (Å²) in [6.07, 6.45) is 0. The molecule has 0 aromatic heterocycles. The van der Waals surface area contributed by atoms with Gasteiger partial charge in [-0.1, -0.05) is 6.07 Å². The first-order valence-corrected chi connectivity index (χ1v) is 6.81. The van der Waals surface area contributed by atoms with Gasteiger partial charge in [0.25, 0.3) is 0 Å². The Balaban J connectivity index is 1.57. The smallest absolute Gasteiger partial charge is 0.319 e. The maximum atomic E-state index is 13.2. The van der Waals surface area contributed by atoms with Gasteiger partial charge in [0, 0.05) is 12.2 Å². The highest BCUT2D eigenvalue weighted by molar-refractivity contribution is 5.89. The summed E-state index contributed by atoms with van der Waals surface area (Å²) in [5.74, 6) is 1.08. The van der Waals surface area contributed by atoms with E-state index in [9.17, 15) is 9.18 Å². The van der Waals surface area contributed by atoms with E-state index in [1.807, 2.05) is 12.1 Å². The van der Waals surface area contributed by atoms with Crippen molar-refractivity contribution in [3.63, 3.8) is 0 Å². The quantitative estimate of drug-likeness (QED) is 0.915. The van der Waals surface area contributed by atoms with Gasteiger partial charge in [0.1, 0.15) is 5.82 Å². The molecule has 0 radical (unpaired) electrons. The minimum atomic E-state index is -0.358. The lowest BCUT2D eigenvalue weighted by atomic mass is 10.2. The van der Waals surface area contributed by atoms with E-state index in [0.717, 1.165) is 5.56 Å². The van der Waals surface area contributed by atoms with Gasteiger partial charge in [-0.3, -0.25) is 0 Å². The molecule has 0 spiro atoms. The predicted molar refractivity (Wildman–Crippen MR) is 79.6 cm³/mol. The molecule has 2 aromatic rings. The van der Waals surface area contributed by atoms with Crippen molar-refractivity contribution in [2.24, 2.45) is 0 Å². The summed E-state index contributed by atoms with van der Waals surface area (Å²) < 4.78 is 23.7. The van der Waals surface area contributed by atoms with E-state index >= 15 is 0 Å². The topological polar surface area (TPSA) is 59.6 Å². The predicted octanol–water partition coefficient (Wildman–Crippen LogP) is 3.18. The van der Waals surface area contributed by atoms with E-state index in [1.165, 1.54) is 12.1 Å². The van der Waals surface area contributed by atoms with Crippen LogP contribution in [-0.4, -0.2) is 12.8 Å². The average molecular weight is 302 g/mol. The number of nitrogens with one attached hydrogen (secondary N) is 2. The molecule has 1 aliphatic rings. The summed E-state index contributed by atoms with van der Waals surface area (Å²) in [6.45, 7) is 2.21. The number of rotatable bonds is 3. The Morgan fingerprint density at radius 2 is 2.00 bits per heavy atom. The number of benzene rings is 2. The second-order valence-corrected chi connectivity index (χ2v) is 4.96. The number of anilines is 1. The molecule has 1 aliphatic heterocycles. The SMILES string of the molecule is Cc1cc(NC(=O)NCc2ccc3c(c2)OCO3)ccc1F. The Morgan fingerprint density at radius 1 is 1.18 bits per heavy atom. The van der Waals surface area contributed by atoms with Crippen LogP contribution in [0.3, 0.4) is 0 Å². The molecule has 6 heteroatoms. The highest BCUT2D eigenvalue weighted by atomic mass is 19.1. The number of carbonyl (C=O) groups excluding carboxylic acids is 1. The lowest BCUT2D eigenvalue weighted by Gasteiger charge is -2.09. The van der Waals surface area contributed by atoms with E-state index in [4.69, 9.17) is 9.47 Å². The van der Waals surface area contributed by atoms with Crippen LogP contribution in [0.4, 0.5) is 14.9 Å². The van der Waals surface area contributed by atoms with E-state index < -0.39 is 0 Å². The third-order valence-electron chi connectivity index (χ3n) is 3.31. The molecule has 0 unspecified atom stereocenters. The van der Waals surface area contributed by atoms with Gasteiger partial charge in [-0.2, -0.15) is 0 Å². The summed E-state index contributed by atoms with van der Waals surface area (Å²) in [6, 6.07) is 9.55. The number of hydrogen-bond acceptors (Lipinski definition) is 3. The zero-order chi connectivity index (χ0) is 15.5. The summed E-state index contributed by atoms with van der Waals surface area (Å²) in [5, 5.41) is 5.39. The highest BCUT2D eigenvalue weighted by Gasteiger charge is 2.13. The van der Waals surface area contributed by atoms with Gasteiger partial charge in [-0.15, -0.1) is 0 Å². The minimum absolute atomic E-state index is 0.219. The molecule has 114 valence electrons.